The van der Waals surface area contributed by atoms with Crippen molar-refractivity contribution < 1.29 is 9.53 Å². The number of hydrogen-bond acceptors (Lipinski definition) is 4. The number of carbonyl (C=O) groups is 1. The van der Waals surface area contributed by atoms with Gasteiger partial charge in [-0.25, -0.2) is 0 Å². The number of H-pyrrole nitrogens is 1. The summed E-state index contributed by atoms with van der Waals surface area (Å²) in [5, 5.41) is 3.48. The van der Waals surface area contributed by atoms with Gasteiger partial charge < -0.3 is 15.0 Å². The van der Waals surface area contributed by atoms with Gasteiger partial charge in [0.05, 0.1) is 17.0 Å². The smallest absolute Gasteiger partial charge is 0.257 e. The number of ether oxygens (including phenoxy) is 1. The quantitative estimate of drug-likeness (QED) is 0.844. The Kier molecular flexibility index (Phi) is 4.90. The molecule has 0 aliphatic heterocycles. The molecular formula is C19H25N3O3. The van der Waals surface area contributed by atoms with Crippen LogP contribution >= 0.6 is 0 Å². The molecule has 6 heteroatoms. The van der Waals surface area contributed by atoms with Crippen LogP contribution in [0.5, 0.6) is 0 Å². The van der Waals surface area contributed by atoms with Gasteiger partial charge in [-0.05, 0) is 32.3 Å². The molecule has 134 valence electrons. The summed E-state index contributed by atoms with van der Waals surface area (Å²) in [6, 6.07) is 1.74. The highest BCUT2D eigenvalue weighted by Gasteiger charge is 2.53. The summed E-state index contributed by atoms with van der Waals surface area (Å²) in [4.78, 5) is 32.3. The maximum atomic E-state index is 12.7. The molecule has 2 atom stereocenters. The highest BCUT2D eigenvalue weighted by Crippen LogP contribution is 2.48. The Labute approximate surface area is 147 Å². The van der Waals surface area contributed by atoms with Crippen LogP contribution in [0.1, 0.15) is 50.4 Å². The van der Waals surface area contributed by atoms with Gasteiger partial charge in [0, 0.05) is 36.7 Å². The zero-order valence-corrected chi connectivity index (χ0v) is 15.0. The topological polar surface area (TPSA) is 84.1 Å². The lowest BCUT2D eigenvalue weighted by Crippen LogP contribution is -2.64. The monoisotopic (exact) mass is 343 g/mol. The summed E-state index contributed by atoms with van der Waals surface area (Å²) >= 11 is 0. The number of fused-ring (bicyclic) bond motifs is 1. The second kappa shape index (κ2) is 6.96. The van der Waals surface area contributed by atoms with Crippen LogP contribution in [-0.2, 0) is 4.74 Å². The molecule has 2 aromatic heterocycles. The van der Waals surface area contributed by atoms with Gasteiger partial charge >= 0.3 is 0 Å². The van der Waals surface area contributed by atoms with Crippen molar-refractivity contribution in [3.8, 4) is 0 Å². The van der Waals surface area contributed by atoms with Crippen LogP contribution in [-0.4, -0.2) is 34.6 Å². The molecule has 0 radical (unpaired) electrons. The van der Waals surface area contributed by atoms with E-state index < -0.39 is 0 Å². The molecular weight excluding hydrogens is 318 g/mol. The molecule has 1 aliphatic rings. The minimum Gasteiger partial charge on any atom is -0.378 e. The lowest BCUT2D eigenvalue weighted by atomic mass is 9.58. The predicted octanol–water partition coefficient (Wildman–Crippen LogP) is 2.64. The fourth-order valence-electron chi connectivity index (χ4n) is 4.05. The Hall–Kier alpha value is -2.21. The van der Waals surface area contributed by atoms with Crippen LogP contribution in [0, 0.1) is 5.41 Å². The summed E-state index contributed by atoms with van der Waals surface area (Å²) in [7, 11) is 0. The first-order valence-corrected chi connectivity index (χ1v) is 8.95. The molecule has 1 amide bonds. The van der Waals surface area contributed by atoms with Crippen molar-refractivity contribution in [2.24, 2.45) is 5.41 Å². The maximum Gasteiger partial charge on any atom is 0.257 e. The first-order chi connectivity index (χ1) is 12.1. The first-order valence-electron chi connectivity index (χ1n) is 8.95. The number of aromatic nitrogens is 2. The van der Waals surface area contributed by atoms with Gasteiger partial charge in [0.2, 0.25) is 5.43 Å². The van der Waals surface area contributed by atoms with Crippen LogP contribution in [0.25, 0.3) is 10.9 Å². The third-order valence-electron chi connectivity index (χ3n) is 5.70. The van der Waals surface area contributed by atoms with E-state index in [1.165, 1.54) is 12.4 Å². The number of amides is 1. The van der Waals surface area contributed by atoms with Gasteiger partial charge in [-0.3, -0.25) is 14.6 Å². The van der Waals surface area contributed by atoms with E-state index in [-0.39, 0.29) is 34.5 Å². The van der Waals surface area contributed by atoms with Crippen molar-refractivity contribution in [2.75, 3.05) is 6.61 Å². The molecule has 6 nitrogen and oxygen atoms in total. The average molecular weight is 343 g/mol. The van der Waals surface area contributed by atoms with Crippen molar-refractivity contribution >= 4 is 16.8 Å². The lowest BCUT2D eigenvalue weighted by Gasteiger charge is -2.55. The number of rotatable bonds is 6. The number of hydrogen-bond donors (Lipinski definition) is 2. The fourth-order valence-corrected chi connectivity index (χ4v) is 4.05. The summed E-state index contributed by atoms with van der Waals surface area (Å²) < 4.78 is 5.85. The summed E-state index contributed by atoms with van der Waals surface area (Å²) in [5.41, 5.74) is 0.449. The second-order valence-corrected chi connectivity index (χ2v) is 6.60. The molecule has 0 aromatic carbocycles. The minimum absolute atomic E-state index is 0.0237. The van der Waals surface area contributed by atoms with Crippen molar-refractivity contribution in [1.29, 1.82) is 0 Å². The van der Waals surface area contributed by atoms with Gasteiger partial charge in [0.1, 0.15) is 5.56 Å². The zero-order chi connectivity index (χ0) is 18.0. The Morgan fingerprint density at radius 3 is 2.84 bits per heavy atom. The standard InChI is InChI=1S/C19H25N3O3/c1-4-19(5-2)15(9-16(19)25-6-3)22-18(24)13-11-21-14-7-8-20-10-12(14)17(13)23/h7-8,10-11,15-16H,4-6,9H2,1-3H3,(H,21,23)(H,22,24). The van der Waals surface area contributed by atoms with E-state index >= 15 is 0 Å². The van der Waals surface area contributed by atoms with E-state index in [1.54, 1.807) is 12.3 Å². The molecule has 0 spiro atoms. The number of aromatic amines is 1. The summed E-state index contributed by atoms with van der Waals surface area (Å²) in [5.74, 6) is -0.335. The molecule has 2 unspecified atom stereocenters. The van der Waals surface area contributed by atoms with Crippen molar-refractivity contribution in [2.45, 2.75) is 52.2 Å². The Bertz CT molecular complexity index is 826. The maximum absolute atomic E-state index is 12.7. The number of pyridine rings is 2. The third-order valence-corrected chi connectivity index (χ3v) is 5.70. The number of nitrogens with zero attached hydrogens (tertiary/aromatic N) is 1. The molecule has 1 saturated carbocycles. The van der Waals surface area contributed by atoms with E-state index in [2.05, 4.69) is 29.1 Å². The van der Waals surface area contributed by atoms with Crippen molar-refractivity contribution in [3.05, 3.63) is 40.4 Å². The molecule has 25 heavy (non-hydrogen) atoms. The van der Waals surface area contributed by atoms with Crippen LogP contribution in [0.15, 0.2) is 29.5 Å². The number of nitrogens with one attached hydrogen (secondary N) is 2. The van der Waals surface area contributed by atoms with Gasteiger partial charge in [0.25, 0.3) is 5.91 Å². The van der Waals surface area contributed by atoms with Crippen molar-refractivity contribution in [1.82, 2.24) is 15.3 Å². The molecule has 1 aliphatic carbocycles. The van der Waals surface area contributed by atoms with Crippen LogP contribution in [0.2, 0.25) is 0 Å². The fraction of sp³-hybridized carbons (Fsp3) is 0.526. The summed E-state index contributed by atoms with van der Waals surface area (Å²) in [6.45, 7) is 6.92. The van der Waals surface area contributed by atoms with E-state index in [0.717, 1.165) is 19.3 Å². The van der Waals surface area contributed by atoms with E-state index in [0.29, 0.717) is 17.5 Å². The van der Waals surface area contributed by atoms with Gasteiger partial charge in [0.15, 0.2) is 0 Å². The van der Waals surface area contributed by atoms with E-state index in [9.17, 15) is 9.59 Å². The molecule has 0 saturated heterocycles. The largest absolute Gasteiger partial charge is 0.378 e. The average Bonchev–Trinajstić information content (AvgIpc) is 2.62. The van der Waals surface area contributed by atoms with Crippen LogP contribution < -0.4 is 10.7 Å². The Morgan fingerprint density at radius 2 is 2.16 bits per heavy atom. The van der Waals surface area contributed by atoms with E-state index in [4.69, 9.17) is 4.74 Å². The van der Waals surface area contributed by atoms with Gasteiger partial charge in [-0.1, -0.05) is 13.8 Å². The molecule has 2 N–H and O–H groups in total. The highest BCUT2D eigenvalue weighted by molar-refractivity contribution is 5.97. The molecule has 3 rings (SSSR count). The van der Waals surface area contributed by atoms with Crippen LogP contribution in [0.4, 0.5) is 0 Å². The second-order valence-electron chi connectivity index (χ2n) is 6.60. The minimum atomic E-state index is -0.335. The lowest BCUT2D eigenvalue weighted by molar-refractivity contribution is -0.134. The molecule has 2 aromatic rings. The van der Waals surface area contributed by atoms with Crippen molar-refractivity contribution in [3.63, 3.8) is 0 Å². The third kappa shape index (κ3) is 2.84. The van der Waals surface area contributed by atoms with Gasteiger partial charge in [-0.2, -0.15) is 0 Å². The molecule has 2 heterocycles. The Balaban J connectivity index is 1.83. The van der Waals surface area contributed by atoms with E-state index in [1.807, 2.05) is 6.92 Å². The molecule has 1 fully saturated rings. The normalized spacial score (nSPS) is 21.7. The first kappa shape index (κ1) is 17.6. The highest BCUT2D eigenvalue weighted by atomic mass is 16.5. The number of carbonyl (C=O) groups excluding carboxylic acids is 1. The van der Waals surface area contributed by atoms with Gasteiger partial charge in [-0.15, -0.1) is 0 Å². The summed E-state index contributed by atoms with van der Waals surface area (Å²) in [6.07, 6.45) is 7.39. The zero-order valence-electron chi connectivity index (χ0n) is 15.0. The van der Waals surface area contributed by atoms with Crippen LogP contribution in [0.3, 0.4) is 0 Å². The predicted molar refractivity (Wildman–Crippen MR) is 96.7 cm³/mol. The SMILES string of the molecule is CCOC1CC(NC(=O)c2c[nH]c3ccncc3c2=O)C1(CC)CC. The Morgan fingerprint density at radius 1 is 1.40 bits per heavy atom. The molecule has 0 bridgehead atoms.